The summed E-state index contributed by atoms with van der Waals surface area (Å²) in [4.78, 5) is 57.5. The first kappa shape index (κ1) is 42.7. The average Bonchev–Trinajstić information content (AvgIpc) is 4.16. The molecule has 0 N–H and O–H groups in total. The Balaban J connectivity index is 0.000000149. The van der Waals surface area contributed by atoms with Crippen molar-refractivity contribution in [3.05, 3.63) is 261 Å². The molecule has 68 heavy (non-hydrogen) atoms. The van der Waals surface area contributed by atoms with E-state index < -0.39 is 0 Å². The zero-order chi connectivity index (χ0) is 46.1. The van der Waals surface area contributed by atoms with Gasteiger partial charge in [0.05, 0.1) is 0 Å². The molecule has 0 unspecified atom stereocenters. The van der Waals surface area contributed by atoms with E-state index >= 15 is 0 Å². The van der Waals surface area contributed by atoms with Gasteiger partial charge in [0, 0.05) is 0 Å². The Morgan fingerprint density at radius 3 is 0.985 bits per heavy atom. The van der Waals surface area contributed by atoms with Crippen molar-refractivity contribution < 1.29 is 19.2 Å². The number of para-hydroxylation sites is 4. The van der Waals surface area contributed by atoms with Gasteiger partial charge in [0.1, 0.15) is 0 Å². The third kappa shape index (κ3) is 7.96. The number of hydrogen-bond acceptors (Lipinski definition) is 6. The quantitative estimate of drug-likeness (QED) is 0.0858. The Bertz CT molecular complexity index is 3330. The molecule has 0 spiro atoms. The number of ketones is 4. The number of nitrogens with zero attached hydrogens (tertiary/aromatic N) is 2. The van der Waals surface area contributed by atoms with E-state index in [-0.39, 0.29) is 63.3 Å². The Hall–Kier alpha value is -7.96. The van der Waals surface area contributed by atoms with Gasteiger partial charge in [-0.1, -0.05) is 0 Å². The Kier molecular flexibility index (Phi) is 11.5. The van der Waals surface area contributed by atoms with Crippen LogP contribution in [0.15, 0.2) is 230 Å². The summed E-state index contributed by atoms with van der Waals surface area (Å²) >= 11 is -0.119. The van der Waals surface area contributed by atoms with E-state index in [4.69, 9.17) is 0 Å². The van der Waals surface area contributed by atoms with Gasteiger partial charge in [0.15, 0.2) is 0 Å². The van der Waals surface area contributed by atoms with Gasteiger partial charge in [-0.15, -0.1) is 0 Å². The SMILES string of the molecule is O=C1/C(=C/c2ccc(N(c3ccccc3)c3ccccc3)[se]2)C(=O)c2c1ccc1ccccc21.O=C1/C(=C\c2ccc(N(c3ccccc3)c3ccccc3)[se]2)C(=O)c2c1ccc1ccccc21. The van der Waals surface area contributed by atoms with Gasteiger partial charge in [0.25, 0.3) is 0 Å². The first-order valence-electron chi connectivity index (χ1n) is 22.1. The van der Waals surface area contributed by atoms with Crippen molar-refractivity contribution in [3.8, 4) is 0 Å². The van der Waals surface area contributed by atoms with Crippen LogP contribution in [0.1, 0.15) is 50.3 Å². The van der Waals surface area contributed by atoms with Crippen LogP contribution in [0.25, 0.3) is 33.7 Å². The monoisotopic (exact) mass is 1010 g/mol. The second kappa shape index (κ2) is 18.4. The minimum absolute atomic E-state index is 0.0594. The second-order valence-electron chi connectivity index (χ2n) is 16.2. The molecule has 2 heterocycles. The Morgan fingerprint density at radius 2 is 0.632 bits per heavy atom. The first-order valence-corrected chi connectivity index (χ1v) is 25.5. The Labute approximate surface area is 404 Å². The molecule has 0 fully saturated rings. The van der Waals surface area contributed by atoms with E-state index in [0.29, 0.717) is 22.3 Å². The van der Waals surface area contributed by atoms with Gasteiger partial charge in [-0.3, -0.25) is 0 Å². The summed E-state index contributed by atoms with van der Waals surface area (Å²) in [5.41, 5.74) is 6.92. The molecule has 0 bridgehead atoms. The molecule has 0 amide bonds. The molecule has 8 heteroatoms. The summed E-state index contributed by atoms with van der Waals surface area (Å²) in [5.74, 6) is -0.715. The maximum absolute atomic E-state index is 13.3. The molecule has 12 rings (SSSR count). The van der Waals surface area contributed by atoms with Crippen LogP contribution in [-0.4, -0.2) is 52.1 Å². The average molecular weight is 1010 g/mol. The van der Waals surface area contributed by atoms with Crippen LogP contribution in [0.3, 0.4) is 0 Å². The Morgan fingerprint density at radius 1 is 0.309 bits per heavy atom. The number of carbonyl (C=O) groups excluding carboxylic acids is 4. The third-order valence-electron chi connectivity index (χ3n) is 12.1. The van der Waals surface area contributed by atoms with Gasteiger partial charge >= 0.3 is 407 Å². The molecule has 324 valence electrons. The fourth-order valence-corrected chi connectivity index (χ4v) is 13.1. The first-order chi connectivity index (χ1) is 33.4. The van der Waals surface area contributed by atoms with E-state index in [0.717, 1.165) is 62.3 Å². The summed E-state index contributed by atoms with van der Waals surface area (Å²) in [6.45, 7) is 0. The minimum atomic E-state index is -0.182. The zero-order valence-corrected chi connectivity index (χ0v) is 39.7. The maximum atomic E-state index is 13.3. The van der Waals surface area contributed by atoms with Gasteiger partial charge in [0.2, 0.25) is 0 Å². The van der Waals surface area contributed by atoms with Crippen LogP contribution in [0.5, 0.6) is 0 Å². The van der Waals surface area contributed by atoms with Crippen molar-refractivity contribution >= 4 is 118 Å². The molecule has 2 aromatic heterocycles. The molecule has 6 nitrogen and oxygen atoms in total. The molecule has 2 aliphatic carbocycles. The molecule has 0 atom stereocenters. The van der Waals surface area contributed by atoms with Gasteiger partial charge in [-0.25, -0.2) is 0 Å². The van der Waals surface area contributed by atoms with Crippen molar-refractivity contribution in [2.45, 2.75) is 0 Å². The van der Waals surface area contributed by atoms with E-state index in [1.165, 1.54) is 0 Å². The summed E-state index contributed by atoms with van der Waals surface area (Å²) in [6.07, 6.45) is 3.61. The van der Waals surface area contributed by atoms with Crippen molar-refractivity contribution in [1.82, 2.24) is 0 Å². The van der Waals surface area contributed by atoms with Crippen molar-refractivity contribution in [3.63, 3.8) is 0 Å². The van der Waals surface area contributed by atoms with E-state index in [1.807, 2.05) is 146 Å². The van der Waals surface area contributed by atoms with Crippen molar-refractivity contribution in [2.24, 2.45) is 0 Å². The molecular weight excluding hydrogens is 971 g/mol. The zero-order valence-electron chi connectivity index (χ0n) is 36.3. The van der Waals surface area contributed by atoms with Crippen molar-refractivity contribution in [2.75, 3.05) is 9.80 Å². The van der Waals surface area contributed by atoms with Gasteiger partial charge in [-0.05, 0) is 0 Å². The molecule has 2 aliphatic rings. The second-order valence-corrected chi connectivity index (χ2v) is 20.8. The molecule has 0 aliphatic heterocycles. The van der Waals surface area contributed by atoms with Crippen LogP contribution >= 0.6 is 0 Å². The molecule has 0 radical (unpaired) electrons. The summed E-state index contributed by atoms with van der Waals surface area (Å²) in [5, 5.41) is 3.62. The molecule has 10 aromatic rings. The van der Waals surface area contributed by atoms with Crippen LogP contribution in [-0.2, 0) is 0 Å². The van der Waals surface area contributed by atoms with Gasteiger partial charge in [-0.2, -0.15) is 0 Å². The number of Topliss-reactive ketones (excluding diaryl/α,β-unsaturated/α-hetero) is 4. The van der Waals surface area contributed by atoms with Crippen LogP contribution in [0.2, 0.25) is 0 Å². The molecule has 0 saturated carbocycles. The number of anilines is 6. The van der Waals surface area contributed by atoms with Gasteiger partial charge < -0.3 is 0 Å². The third-order valence-corrected chi connectivity index (χ3v) is 16.3. The van der Waals surface area contributed by atoms with E-state index in [2.05, 4.69) is 70.5 Å². The normalized spacial score (nSPS) is 14.1. The number of fused-ring (bicyclic) bond motifs is 6. The fourth-order valence-electron chi connectivity index (χ4n) is 8.92. The summed E-state index contributed by atoms with van der Waals surface area (Å²) in [6, 6.07) is 72.1. The fraction of sp³-hybridized carbons (Fsp3) is 0. The van der Waals surface area contributed by atoms with Crippen molar-refractivity contribution in [1.29, 1.82) is 0 Å². The standard InChI is InChI=1S/2C30H19NO2Se/c2*32-29-25-17-15-20-9-7-8-14-24(20)28(25)30(33)26(29)19-23-16-18-27(34-23)31(21-10-3-1-4-11-21)22-12-5-2-6-13-22/h2*1-19H/b26-19+;26-19-. The molecule has 0 saturated heterocycles. The number of benzene rings is 8. The summed E-state index contributed by atoms with van der Waals surface area (Å²) in [7, 11) is 0. The van der Waals surface area contributed by atoms with E-state index in [9.17, 15) is 19.2 Å². The predicted molar refractivity (Wildman–Crippen MR) is 277 cm³/mol. The molecule has 8 aromatic carbocycles. The number of allylic oxidation sites excluding steroid dienone is 2. The topological polar surface area (TPSA) is 74.8 Å². The number of carbonyl (C=O) groups is 4. The molecular formula is C60H38N2O4Se2. The predicted octanol–water partition coefficient (Wildman–Crippen LogP) is 13.7. The van der Waals surface area contributed by atoms with Crippen LogP contribution < -0.4 is 9.80 Å². The summed E-state index contributed by atoms with van der Waals surface area (Å²) < 4.78 is 4.32. The van der Waals surface area contributed by atoms with Crippen LogP contribution in [0.4, 0.5) is 31.9 Å². The van der Waals surface area contributed by atoms with E-state index in [1.54, 1.807) is 24.3 Å². The van der Waals surface area contributed by atoms with Crippen LogP contribution in [0, 0.1) is 0 Å². The number of rotatable bonds is 8. The number of hydrogen-bond donors (Lipinski definition) is 0.